The number of carbonyl (C=O) groups excluding carboxylic acids is 1. The number of rotatable bonds is 10. The summed E-state index contributed by atoms with van der Waals surface area (Å²) in [6.07, 6.45) is 7.63. The second kappa shape index (κ2) is 10.2. The van der Waals surface area contributed by atoms with Crippen molar-refractivity contribution < 1.29 is 4.79 Å². The Hall–Kier alpha value is -0.610. The van der Waals surface area contributed by atoms with Crippen molar-refractivity contribution in [2.24, 2.45) is 11.7 Å². The molecule has 0 unspecified atom stereocenters. The van der Waals surface area contributed by atoms with Gasteiger partial charge in [0.15, 0.2) is 0 Å². The third-order valence-electron chi connectivity index (χ3n) is 4.25. The molecule has 20 heavy (non-hydrogen) atoms. The summed E-state index contributed by atoms with van der Waals surface area (Å²) in [5.74, 6) is 0.655. The van der Waals surface area contributed by atoms with E-state index in [1.54, 1.807) is 0 Å². The Kier molecular flexibility index (Phi) is 8.86. The fourth-order valence-corrected chi connectivity index (χ4v) is 3.23. The fraction of sp³-hybridized carbons (Fsp3) is 0.938. The van der Waals surface area contributed by atoms with Crippen LogP contribution in [-0.4, -0.2) is 55.0 Å². The maximum Gasteiger partial charge on any atom is 0.231 e. The van der Waals surface area contributed by atoms with Crippen LogP contribution < -0.4 is 5.73 Å². The molecule has 1 aliphatic rings. The molecule has 0 spiro atoms. The average molecular weight is 283 g/mol. The minimum absolute atomic E-state index is 0.196. The van der Waals surface area contributed by atoms with Crippen LogP contribution in [0.4, 0.5) is 0 Å². The number of carbonyl (C=O) groups is 1. The van der Waals surface area contributed by atoms with Crippen LogP contribution in [0.15, 0.2) is 0 Å². The van der Waals surface area contributed by atoms with Crippen molar-refractivity contribution in [2.45, 2.75) is 52.4 Å². The normalized spacial score (nSPS) is 17.8. The van der Waals surface area contributed by atoms with Gasteiger partial charge in [-0.3, -0.25) is 9.69 Å². The Morgan fingerprint density at radius 1 is 1.15 bits per heavy atom. The third kappa shape index (κ3) is 7.25. The lowest BCUT2D eigenvalue weighted by Crippen LogP contribution is -2.39. The van der Waals surface area contributed by atoms with Crippen molar-refractivity contribution in [3.05, 3.63) is 0 Å². The second-order valence-electron chi connectivity index (χ2n) is 6.17. The maximum atomic E-state index is 10.9. The van der Waals surface area contributed by atoms with Gasteiger partial charge in [0.05, 0.1) is 6.54 Å². The van der Waals surface area contributed by atoms with Crippen LogP contribution in [0.25, 0.3) is 0 Å². The molecule has 118 valence electrons. The van der Waals surface area contributed by atoms with Crippen molar-refractivity contribution in [1.29, 1.82) is 0 Å². The Morgan fingerprint density at radius 2 is 1.75 bits per heavy atom. The summed E-state index contributed by atoms with van der Waals surface area (Å²) >= 11 is 0. The van der Waals surface area contributed by atoms with Gasteiger partial charge < -0.3 is 10.6 Å². The number of piperidine rings is 1. The molecule has 1 fully saturated rings. The highest BCUT2D eigenvalue weighted by Crippen LogP contribution is 2.21. The van der Waals surface area contributed by atoms with Gasteiger partial charge in [0.25, 0.3) is 0 Å². The van der Waals surface area contributed by atoms with Crippen LogP contribution in [0.5, 0.6) is 0 Å². The first-order valence-corrected chi connectivity index (χ1v) is 8.38. The standard InChI is InChI=1S/C16H33N3O/c1-3-9-18(10-4-2)11-5-6-15-7-12-19(13-8-15)14-16(17)20/h15H,3-14H2,1-2H3,(H2,17,20). The topological polar surface area (TPSA) is 49.6 Å². The number of primary amides is 1. The molecule has 4 heteroatoms. The van der Waals surface area contributed by atoms with Gasteiger partial charge >= 0.3 is 0 Å². The van der Waals surface area contributed by atoms with Gasteiger partial charge in [0.1, 0.15) is 0 Å². The smallest absolute Gasteiger partial charge is 0.231 e. The second-order valence-corrected chi connectivity index (χ2v) is 6.17. The SMILES string of the molecule is CCCN(CCC)CCCC1CCN(CC(N)=O)CC1. The van der Waals surface area contributed by atoms with E-state index in [2.05, 4.69) is 23.6 Å². The molecular formula is C16H33N3O. The summed E-state index contributed by atoms with van der Waals surface area (Å²) in [6, 6.07) is 0. The van der Waals surface area contributed by atoms with Crippen LogP contribution in [0.3, 0.4) is 0 Å². The molecule has 1 amide bonds. The summed E-state index contributed by atoms with van der Waals surface area (Å²) in [5, 5.41) is 0. The minimum Gasteiger partial charge on any atom is -0.369 e. The summed E-state index contributed by atoms with van der Waals surface area (Å²) in [5.41, 5.74) is 5.24. The summed E-state index contributed by atoms with van der Waals surface area (Å²) in [4.78, 5) is 15.7. The van der Waals surface area contributed by atoms with Gasteiger partial charge in [-0.15, -0.1) is 0 Å². The molecule has 0 atom stereocenters. The number of hydrogen-bond donors (Lipinski definition) is 1. The zero-order chi connectivity index (χ0) is 14.8. The minimum atomic E-state index is -0.196. The van der Waals surface area contributed by atoms with E-state index in [0.29, 0.717) is 6.54 Å². The molecule has 2 N–H and O–H groups in total. The number of hydrogen-bond acceptors (Lipinski definition) is 3. The van der Waals surface area contributed by atoms with E-state index in [4.69, 9.17) is 5.73 Å². The van der Waals surface area contributed by atoms with Crippen molar-refractivity contribution in [1.82, 2.24) is 9.80 Å². The number of nitrogens with two attached hydrogens (primary N) is 1. The van der Waals surface area contributed by atoms with Crippen molar-refractivity contribution in [2.75, 3.05) is 39.3 Å². The molecule has 0 aliphatic carbocycles. The van der Waals surface area contributed by atoms with Gasteiger partial charge in [0.2, 0.25) is 5.91 Å². The Balaban J connectivity index is 2.12. The number of amides is 1. The van der Waals surface area contributed by atoms with Crippen LogP contribution in [0, 0.1) is 5.92 Å². The zero-order valence-electron chi connectivity index (χ0n) is 13.4. The Labute approximate surface area is 124 Å². The Morgan fingerprint density at radius 3 is 2.25 bits per heavy atom. The lowest BCUT2D eigenvalue weighted by molar-refractivity contribution is -0.119. The molecule has 0 aromatic carbocycles. The first kappa shape index (κ1) is 17.4. The fourth-order valence-electron chi connectivity index (χ4n) is 3.23. The van der Waals surface area contributed by atoms with Crippen molar-refractivity contribution in [3.8, 4) is 0 Å². The van der Waals surface area contributed by atoms with Crippen LogP contribution in [0.1, 0.15) is 52.4 Å². The van der Waals surface area contributed by atoms with E-state index >= 15 is 0 Å². The van der Waals surface area contributed by atoms with Crippen molar-refractivity contribution >= 4 is 5.91 Å². The van der Waals surface area contributed by atoms with Crippen LogP contribution >= 0.6 is 0 Å². The van der Waals surface area contributed by atoms with Crippen LogP contribution in [-0.2, 0) is 4.79 Å². The lowest BCUT2D eigenvalue weighted by Gasteiger charge is -2.31. The largest absolute Gasteiger partial charge is 0.369 e. The molecule has 0 aromatic rings. The van der Waals surface area contributed by atoms with Crippen molar-refractivity contribution in [3.63, 3.8) is 0 Å². The molecule has 1 aliphatic heterocycles. The average Bonchev–Trinajstić information content (AvgIpc) is 2.40. The predicted molar refractivity (Wildman–Crippen MR) is 84.6 cm³/mol. The summed E-state index contributed by atoms with van der Waals surface area (Å²) in [7, 11) is 0. The predicted octanol–water partition coefficient (Wildman–Crippen LogP) is 2.09. The Bertz CT molecular complexity index is 256. The first-order valence-electron chi connectivity index (χ1n) is 8.38. The van der Waals surface area contributed by atoms with Gasteiger partial charge in [-0.05, 0) is 77.2 Å². The van der Waals surface area contributed by atoms with Gasteiger partial charge in [-0.1, -0.05) is 13.8 Å². The van der Waals surface area contributed by atoms with E-state index in [-0.39, 0.29) is 5.91 Å². The number of nitrogens with zero attached hydrogens (tertiary/aromatic N) is 2. The highest BCUT2D eigenvalue weighted by molar-refractivity contribution is 5.75. The van der Waals surface area contributed by atoms with Gasteiger partial charge in [0, 0.05) is 0 Å². The van der Waals surface area contributed by atoms with Gasteiger partial charge in [-0.25, -0.2) is 0 Å². The first-order chi connectivity index (χ1) is 9.65. The molecular weight excluding hydrogens is 250 g/mol. The summed E-state index contributed by atoms with van der Waals surface area (Å²) < 4.78 is 0. The maximum absolute atomic E-state index is 10.9. The monoisotopic (exact) mass is 283 g/mol. The highest BCUT2D eigenvalue weighted by Gasteiger charge is 2.19. The third-order valence-corrected chi connectivity index (χ3v) is 4.25. The molecule has 0 aromatic heterocycles. The van der Waals surface area contributed by atoms with E-state index in [1.807, 2.05) is 0 Å². The summed E-state index contributed by atoms with van der Waals surface area (Å²) in [6.45, 7) is 10.8. The molecule has 1 saturated heterocycles. The molecule has 1 rings (SSSR count). The zero-order valence-corrected chi connectivity index (χ0v) is 13.4. The molecule has 1 heterocycles. The van der Waals surface area contributed by atoms with E-state index in [1.165, 1.54) is 58.2 Å². The van der Waals surface area contributed by atoms with E-state index in [0.717, 1.165) is 19.0 Å². The highest BCUT2D eigenvalue weighted by atomic mass is 16.1. The molecule has 4 nitrogen and oxygen atoms in total. The molecule has 0 bridgehead atoms. The quantitative estimate of drug-likeness (QED) is 0.668. The molecule has 0 saturated carbocycles. The number of likely N-dealkylation sites (tertiary alicyclic amines) is 1. The van der Waals surface area contributed by atoms with Gasteiger partial charge in [-0.2, -0.15) is 0 Å². The van der Waals surface area contributed by atoms with E-state index in [9.17, 15) is 4.79 Å². The lowest BCUT2D eigenvalue weighted by atomic mass is 9.92. The molecule has 0 radical (unpaired) electrons. The van der Waals surface area contributed by atoms with E-state index < -0.39 is 0 Å². The van der Waals surface area contributed by atoms with Crippen LogP contribution in [0.2, 0.25) is 0 Å².